The van der Waals surface area contributed by atoms with E-state index in [9.17, 15) is 14.4 Å². The summed E-state index contributed by atoms with van der Waals surface area (Å²) in [5.74, 6) is -0.711. The van der Waals surface area contributed by atoms with Crippen molar-refractivity contribution >= 4 is 50.5 Å². The molecule has 2 heterocycles. The van der Waals surface area contributed by atoms with Crippen LogP contribution < -0.4 is 5.32 Å². The van der Waals surface area contributed by atoms with Gasteiger partial charge in [-0.05, 0) is 49.0 Å². The number of benzene rings is 2. The quantitative estimate of drug-likeness (QED) is 0.461. The molecule has 4 rings (SSSR count). The number of hydrogen-bond acceptors (Lipinski definition) is 7. The lowest BCUT2D eigenvalue weighted by atomic mass is 10.1. The minimum absolute atomic E-state index is 0.0186. The minimum Gasteiger partial charge on any atom is -0.465 e. The fourth-order valence-electron chi connectivity index (χ4n) is 3.47. The fourth-order valence-corrected chi connectivity index (χ4v) is 4.38. The molecule has 2 aromatic carbocycles. The predicted molar refractivity (Wildman–Crippen MR) is 128 cm³/mol. The molecule has 170 valence electrons. The van der Waals surface area contributed by atoms with E-state index in [0.29, 0.717) is 16.3 Å². The topological polar surface area (TPSA) is 91.8 Å². The molecule has 1 N–H and O–H groups in total. The van der Waals surface area contributed by atoms with Crippen molar-refractivity contribution in [3.63, 3.8) is 0 Å². The second-order valence-corrected chi connectivity index (χ2v) is 8.76. The van der Waals surface area contributed by atoms with Gasteiger partial charge < -0.3 is 14.5 Å². The zero-order valence-electron chi connectivity index (χ0n) is 18.4. The maximum absolute atomic E-state index is 12.8. The first kappa shape index (κ1) is 22.6. The summed E-state index contributed by atoms with van der Waals surface area (Å²) >= 11 is 1.33. The Kier molecular flexibility index (Phi) is 6.81. The van der Waals surface area contributed by atoms with E-state index in [-0.39, 0.29) is 11.8 Å². The van der Waals surface area contributed by atoms with E-state index in [1.165, 1.54) is 24.5 Å². The van der Waals surface area contributed by atoms with Gasteiger partial charge in [-0.3, -0.25) is 14.9 Å². The van der Waals surface area contributed by atoms with Gasteiger partial charge in [-0.25, -0.2) is 9.78 Å². The van der Waals surface area contributed by atoms with Crippen LogP contribution in [0.4, 0.5) is 5.13 Å². The number of methoxy groups -OCH3 is 1. The molecule has 2 amide bonds. The van der Waals surface area contributed by atoms with E-state index >= 15 is 0 Å². The SMILES string of the molecule is COC(=O)c1ccc(/C=C/C(=O)Nc2nc3ccc(C(=O)N4CCN(C)CC4)cc3s2)cc1. The van der Waals surface area contributed by atoms with Gasteiger partial charge in [-0.2, -0.15) is 0 Å². The van der Waals surface area contributed by atoms with E-state index in [1.54, 1.807) is 36.4 Å². The zero-order valence-corrected chi connectivity index (χ0v) is 19.2. The van der Waals surface area contributed by atoms with E-state index < -0.39 is 5.97 Å². The Morgan fingerprint density at radius 1 is 1.03 bits per heavy atom. The van der Waals surface area contributed by atoms with Gasteiger partial charge in [0.05, 0.1) is 22.9 Å². The summed E-state index contributed by atoms with van der Waals surface area (Å²) in [6.07, 6.45) is 3.05. The molecule has 1 aliphatic heterocycles. The van der Waals surface area contributed by atoms with Crippen LogP contribution in [0.25, 0.3) is 16.3 Å². The summed E-state index contributed by atoms with van der Waals surface area (Å²) in [5.41, 5.74) is 2.57. The number of amides is 2. The smallest absolute Gasteiger partial charge is 0.337 e. The highest BCUT2D eigenvalue weighted by Crippen LogP contribution is 2.27. The molecule has 0 bridgehead atoms. The number of nitrogens with zero attached hydrogens (tertiary/aromatic N) is 3. The van der Waals surface area contributed by atoms with Crippen LogP contribution in [0.15, 0.2) is 48.5 Å². The Bertz CT molecular complexity index is 1210. The molecular formula is C24H24N4O4S. The third kappa shape index (κ3) is 5.44. The molecule has 0 aliphatic carbocycles. The van der Waals surface area contributed by atoms with E-state index in [2.05, 4.69) is 27.0 Å². The zero-order chi connectivity index (χ0) is 23.4. The van der Waals surface area contributed by atoms with Crippen molar-refractivity contribution in [3.8, 4) is 0 Å². The van der Waals surface area contributed by atoms with Gasteiger partial charge in [0.1, 0.15) is 0 Å². The molecule has 8 nitrogen and oxygen atoms in total. The number of hydrogen-bond donors (Lipinski definition) is 1. The standard InChI is InChI=1S/C24H24N4O4S/c1-27-11-13-28(14-12-27)22(30)18-8-9-19-20(15-18)33-24(25-19)26-21(29)10-5-16-3-6-17(7-4-16)23(31)32-2/h3-10,15H,11-14H2,1-2H3,(H,25,26,29)/b10-5+. The van der Waals surface area contributed by atoms with Crippen molar-refractivity contribution in [2.75, 3.05) is 45.7 Å². The summed E-state index contributed by atoms with van der Waals surface area (Å²) in [6, 6.07) is 12.2. The van der Waals surface area contributed by atoms with Crippen LogP contribution in [0, 0.1) is 0 Å². The molecule has 33 heavy (non-hydrogen) atoms. The number of rotatable bonds is 5. The Balaban J connectivity index is 1.40. The van der Waals surface area contributed by atoms with Crippen LogP contribution >= 0.6 is 11.3 Å². The average molecular weight is 465 g/mol. The maximum atomic E-state index is 12.8. The van der Waals surface area contributed by atoms with E-state index in [1.807, 2.05) is 17.0 Å². The molecule has 3 aromatic rings. The summed E-state index contributed by atoms with van der Waals surface area (Å²) in [5, 5.41) is 3.23. The first-order valence-corrected chi connectivity index (χ1v) is 11.3. The Morgan fingerprint density at radius 2 is 1.73 bits per heavy atom. The molecule has 0 radical (unpaired) electrons. The molecule has 1 aliphatic rings. The summed E-state index contributed by atoms with van der Waals surface area (Å²) in [7, 11) is 3.38. The van der Waals surface area contributed by atoms with Gasteiger partial charge in [-0.15, -0.1) is 0 Å². The monoisotopic (exact) mass is 464 g/mol. The Labute approximate surface area is 195 Å². The van der Waals surface area contributed by atoms with Crippen molar-refractivity contribution in [2.24, 2.45) is 0 Å². The number of thiazole rings is 1. The molecule has 0 atom stereocenters. The van der Waals surface area contributed by atoms with Gasteiger partial charge in [0, 0.05) is 37.8 Å². The third-order valence-corrected chi connectivity index (χ3v) is 6.35. The Hall–Kier alpha value is -3.56. The molecule has 0 spiro atoms. The molecule has 1 fully saturated rings. The number of aromatic nitrogens is 1. The van der Waals surface area contributed by atoms with Crippen LogP contribution in [-0.4, -0.2) is 72.9 Å². The van der Waals surface area contributed by atoms with Crippen LogP contribution in [0.3, 0.4) is 0 Å². The molecule has 1 aromatic heterocycles. The number of piperazine rings is 1. The van der Waals surface area contributed by atoms with Crippen molar-refractivity contribution in [2.45, 2.75) is 0 Å². The number of ether oxygens (including phenoxy) is 1. The van der Waals surface area contributed by atoms with Crippen LogP contribution in [-0.2, 0) is 9.53 Å². The van der Waals surface area contributed by atoms with Crippen molar-refractivity contribution in [1.82, 2.24) is 14.8 Å². The highest BCUT2D eigenvalue weighted by Gasteiger charge is 2.21. The third-order valence-electron chi connectivity index (χ3n) is 5.41. The number of likely N-dealkylation sites (N-methyl/N-ethyl adjacent to an activating group) is 1. The van der Waals surface area contributed by atoms with Crippen molar-refractivity contribution < 1.29 is 19.1 Å². The second kappa shape index (κ2) is 9.93. The molecule has 0 saturated carbocycles. The maximum Gasteiger partial charge on any atom is 0.337 e. The molecule has 9 heteroatoms. The van der Waals surface area contributed by atoms with Gasteiger partial charge in [0.2, 0.25) is 5.91 Å². The van der Waals surface area contributed by atoms with Crippen LogP contribution in [0.5, 0.6) is 0 Å². The van der Waals surface area contributed by atoms with Gasteiger partial charge >= 0.3 is 5.97 Å². The highest BCUT2D eigenvalue weighted by molar-refractivity contribution is 7.22. The highest BCUT2D eigenvalue weighted by atomic mass is 32.1. The van der Waals surface area contributed by atoms with Gasteiger partial charge in [0.15, 0.2) is 5.13 Å². The molecular weight excluding hydrogens is 440 g/mol. The predicted octanol–water partition coefficient (Wildman–Crippen LogP) is 3.12. The van der Waals surface area contributed by atoms with E-state index in [0.717, 1.165) is 42.0 Å². The normalized spacial score (nSPS) is 14.5. The van der Waals surface area contributed by atoms with Crippen molar-refractivity contribution in [1.29, 1.82) is 0 Å². The number of carbonyl (C=O) groups excluding carboxylic acids is 3. The number of nitrogens with one attached hydrogen (secondary N) is 1. The number of carbonyl (C=O) groups is 3. The lowest BCUT2D eigenvalue weighted by Gasteiger charge is -2.32. The number of esters is 1. The fraction of sp³-hybridized carbons (Fsp3) is 0.250. The largest absolute Gasteiger partial charge is 0.465 e. The van der Waals surface area contributed by atoms with Crippen molar-refractivity contribution in [3.05, 3.63) is 65.2 Å². The molecule has 1 saturated heterocycles. The average Bonchev–Trinajstić information content (AvgIpc) is 3.24. The molecule has 0 unspecified atom stereocenters. The second-order valence-electron chi connectivity index (χ2n) is 7.73. The summed E-state index contributed by atoms with van der Waals surface area (Å²) < 4.78 is 5.51. The van der Waals surface area contributed by atoms with Gasteiger partial charge in [-0.1, -0.05) is 23.5 Å². The lowest BCUT2D eigenvalue weighted by Crippen LogP contribution is -2.47. The Morgan fingerprint density at radius 3 is 2.42 bits per heavy atom. The summed E-state index contributed by atoms with van der Waals surface area (Å²) in [4.78, 5) is 45.1. The number of fused-ring (bicyclic) bond motifs is 1. The van der Waals surface area contributed by atoms with Crippen LogP contribution in [0.2, 0.25) is 0 Å². The van der Waals surface area contributed by atoms with Crippen LogP contribution in [0.1, 0.15) is 26.3 Å². The lowest BCUT2D eigenvalue weighted by molar-refractivity contribution is -0.111. The first-order chi connectivity index (χ1) is 15.9. The van der Waals surface area contributed by atoms with E-state index in [4.69, 9.17) is 0 Å². The number of anilines is 1. The first-order valence-electron chi connectivity index (χ1n) is 10.5. The summed E-state index contributed by atoms with van der Waals surface area (Å²) in [6.45, 7) is 3.17. The van der Waals surface area contributed by atoms with Gasteiger partial charge in [0.25, 0.3) is 5.91 Å². The minimum atomic E-state index is -0.410.